The van der Waals surface area contributed by atoms with Crippen molar-refractivity contribution in [2.24, 2.45) is 17.6 Å². The summed E-state index contributed by atoms with van der Waals surface area (Å²) in [6.07, 6.45) is 0.836. The Morgan fingerprint density at radius 2 is 1.54 bits per heavy atom. The van der Waals surface area contributed by atoms with Gasteiger partial charge >= 0.3 is 5.97 Å². The molecule has 8 N–H and O–H groups in total. The molecule has 37 heavy (non-hydrogen) atoms. The van der Waals surface area contributed by atoms with Gasteiger partial charge in [0.15, 0.2) is 6.04 Å². The summed E-state index contributed by atoms with van der Waals surface area (Å²) in [5, 5.41) is 27.7. The van der Waals surface area contributed by atoms with Crippen LogP contribution < -0.4 is 21.7 Å². The lowest BCUT2D eigenvalue weighted by Gasteiger charge is -2.27. The molecular formula is C26H39N5O6. The van der Waals surface area contributed by atoms with Gasteiger partial charge in [0.25, 0.3) is 0 Å². The van der Waals surface area contributed by atoms with E-state index in [4.69, 9.17) is 5.73 Å². The second-order valence-corrected chi connectivity index (χ2v) is 10.2. The molecule has 0 spiro atoms. The molecule has 1 aromatic carbocycles. The number of nitrogens with two attached hydrogens (primary N) is 1. The predicted molar refractivity (Wildman–Crippen MR) is 139 cm³/mol. The van der Waals surface area contributed by atoms with Crippen LogP contribution in [0, 0.1) is 11.8 Å². The van der Waals surface area contributed by atoms with E-state index in [9.17, 15) is 29.4 Å². The number of nitrogens with one attached hydrogen (secondary N) is 4. The fourth-order valence-electron chi connectivity index (χ4n) is 4.04. The number of hydrogen-bond acceptors (Lipinski definition) is 6. The van der Waals surface area contributed by atoms with Gasteiger partial charge in [0.1, 0.15) is 12.1 Å². The van der Waals surface area contributed by atoms with Crippen molar-refractivity contribution in [1.82, 2.24) is 20.9 Å². The molecule has 0 aliphatic carbocycles. The van der Waals surface area contributed by atoms with Crippen LogP contribution in [0.3, 0.4) is 0 Å². The van der Waals surface area contributed by atoms with E-state index in [2.05, 4.69) is 20.9 Å². The third-order valence-electron chi connectivity index (χ3n) is 6.09. The first-order valence-corrected chi connectivity index (χ1v) is 12.4. The van der Waals surface area contributed by atoms with Gasteiger partial charge in [0.05, 0.1) is 12.1 Å². The van der Waals surface area contributed by atoms with Crippen LogP contribution in [0.15, 0.2) is 30.5 Å². The number of para-hydroxylation sites is 1. The van der Waals surface area contributed by atoms with Gasteiger partial charge in [-0.15, -0.1) is 0 Å². The van der Waals surface area contributed by atoms with E-state index in [0.29, 0.717) is 6.42 Å². The maximum Gasteiger partial charge on any atom is 0.328 e. The molecule has 0 saturated carbocycles. The van der Waals surface area contributed by atoms with Crippen LogP contribution in [0.4, 0.5) is 0 Å². The van der Waals surface area contributed by atoms with Gasteiger partial charge < -0.3 is 36.9 Å². The largest absolute Gasteiger partial charge is 0.480 e. The highest BCUT2D eigenvalue weighted by atomic mass is 16.4. The lowest BCUT2D eigenvalue weighted by Crippen LogP contribution is -2.59. The number of benzene rings is 1. The zero-order chi connectivity index (χ0) is 27.9. The molecule has 204 valence electrons. The third kappa shape index (κ3) is 8.29. The van der Waals surface area contributed by atoms with Gasteiger partial charge in [-0.1, -0.05) is 45.9 Å². The van der Waals surface area contributed by atoms with E-state index in [-0.39, 0.29) is 18.3 Å². The summed E-state index contributed by atoms with van der Waals surface area (Å²) in [4.78, 5) is 53.8. The van der Waals surface area contributed by atoms with E-state index in [1.807, 2.05) is 38.1 Å². The Hall–Kier alpha value is -3.44. The highest BCUT2D eigenvalue weighted by Gasteiger charge is 2.33. The van der Waals surface area contributed by atoms with Crippen LogP contribution in [0.25, 0.3) is 10.9 Å². The second kappa shape index (κ2) is 13.2. The molecule has 11 heteroatoms. The Kier molecular flexibility index (Phi) is 10.6. The van der Waals surface area contributed by atoms with Crippen molar-refractivity contribution in [2.75, 3.05) is 0 Å². The molecule has 2 aromatic rings. The molecule has 0 aliphatic rings. The number of fused-ring (bicyclic) bond motifs is 1. The fraction of sp³-hybridized carbons (Fsp3) is 0.538. The highest BCUT2D eigenvalue weighted by Crippen LogP contribution is 2.19. The number of hydrogen-bond donors (Lipinski definition) is 7. The number of rotatable bonds is 13. The molecule has 0 radical (unpaired) electrons. The van der Waals surface area contributed by atoms with Gasteiger partial charge in [0, 0.05) is 23.5 Å². The fourth-order valence-corrected chi connectivity index (χ4v) is 4.04. The van der Waals surface area contributed by atoms with E-state index < -0.39 is 54.0 Å². The van der Waals surface area contributed by atoms with Crippen LogP contribution in [-0.4, -0.2) is 69.2 Å². The summed E-state index contributed by atoms with van der Waals surface area (Å²) in [5.74, 6) is -3.41. The number of aliphatic carboxylic acids is 1. The summed E-state index contributed by atoms with van der Waals surface area (Å²) >= 11 is 0. The lowest BCUT2D eigenvalue weighted by molar-refractivity contribution is -0.145. The first-order valence-electron chi connectivity index (χ1n) is 12.4. The van der Waals surface area contributed by atoms with Gasteiger partial charge in [-0.3, -0.25) is 14.4 Å². The average molecular weight is 518 g/mol. The topological polar surface area (TPSA) is 187 Å². The number of amides is 3. The molecule has 1 aromatic heterocycles. The van der Waals surface area contributed by atoms with Crippen LogP contribution in [0.2, 0.25) is 0 Å². The Morgan fingerprint density at radius 3 is 2.11 bits per heavy atom. The second-order valence-electron chi connectivity index (χ2n) is 10.2. The maximum absolute atomic E-state index is 13.3. The molecule has 5 unspecified atom stereocenters. The molecule has 0 saturated heterocycles. The molecule has 0 fully saturated rings. The predicted octanol–water partition coefficient (Wildman–Crippen LogP) is 0.660. The van der Waals surface area contributed by atoms with Crippen molar-refractivity contribution in [3.8, 4) is 0 Å². The number of aromatic amines is 1. The van der Waals surface area contributed by atoms with E-state index in [1.54, 1.807) is 20.0 Å². The summed E-state index contributed by atoms with van der Waals surface area (Å²) in [6, 6.07) is 2.91. The van der Waals surface area contributed by atoms with E-state index in [1.165, 1.54) is 6.92 Å². The minimum Gasteiger partial charge on any atom is -0.480 e. The van der Waals surface area contributed by atoms with Crippen LogP contribution in [0.5, 0.6) is 0 Å². The van der Waals surface area contributed by atoms with E-state index >= 15 is 0 Å². The highest BCUT2D eigenvalue weighted by molar-refractivity contribution is 5.95. The normalized spacial score (nSPS) is 15.6. The number of aliphatic hydroxyl groups excluding tert-OH is 1. The Bertz CT molecular complexity index is 1100. The third-order valence-corrected chi connectivity index (χ3v) is 6.09. The SMILES string of the molecule is CC(C)CC(N)C(=O)NC(C(=O)NC(Cc1c[nH]c2ccccc12)C(=O)NC(C(=O)O)C(C)O)C(C)C. The van der Waals surface area contributed by atoms with Crippen molar-refractivity contribution < 1.29 is 29.4 Å². The Morgan fingerprint density at radius 1 is 0.919 bits per heavy atom. The van der Waals surface area contributed by atoms with Crippen molar-refractivity contribution in [3.05, 3.63) is 36.0 Å². The lowest BCUT2D eigenvalue weighted by atomic mass is 9.99. The zero-order valence-corrected chi connectivity index (χ0v) is 21.9. The van der Waals surface area contributed by atoms with Crippen molar-refractivity contribution in [3.63, 3.8) is 0 Å². The zero-order valence-electron chi connectivity index (χ0n) is 21.9. The number of carboxylic acid groups (broad SMARTS) is 1. The number of H-pyrrole nitrogens is 1. The summed E-state index contributed by atoms with van der Waals surface area (Å²) in [7, 11) is 0. The molecule has 5 atom stereocenters. The van der Waals surface area contributed by atoms with Gasteiger partial charge in [-0.25, -0.2) is 4.79 Å². The summed E-state index contributed by atoms with van der Waals surface area (Å²) in [6.45, 7) is 8.62. The molecule has 11 nitrogen and oxygen atoms in total. The van der Waals surface area contributed by atoms with Crippen LogP contribution >= 0.6 is 0 Å². The van der Waals surface area contributed by atoms with Gasteiger partial charge in [0.2, 0.25) is 17.7 Å². The smallest absolute Gasteiger partial charge is 0.328 e. The molecule has 0 bridgehead atoms. The molecule has 2 rings (SSSR count). The van der Waals surface area contributed by atoms with Gasteiger partial charge in [-0.05, 0) is 36.8 Å². The first-order chi connectivity index (χ1) is 17.3. The van der Waals surface area contributed by atoms with E-state index in [0.717, 1.165) is 16.5 Å². The number of carbonyl (C=O) groups excluding carboxylic acids is 3. The molecule has 0 aliphatic heterocycles. The quantitative estimate of drug-likeness (QED) is 0.203. The monoisotopic (exact) mass is 517 g/mol. The number of carboxylic acids is 1. The number of aromatic nitrogens is 1. The van der Waals surface area contributed by atoms with Crippen molar-refractivity contribution in [1.29, 1.82) is 0 Å². The number of aliphatic hydroxyl groups is 1. The number of carbonyl (C=O) groups is 4. The molecule has 1 heterocycles. The average Bonchev–Trinajstić information content (AvgIpc) is 3.21. The minimum absolute atomic E-state index is 0.0410. The first kappa shape index (κ1) is 29.8. The van der Waals surface area contributed by atoms with Crippen LogP contribution in [0.1, 0.15) is 46.6 Å². The minimum atomic E-state index is -1.57. The summed E-state index contributed by atoms with van der Waals surface area (Å²) in [5.41, 5.74) is 7.54. The Labute approximate surface area is 216 Å². The standard InChI is InChI=1S/C26H39N5O6/c1-13(2)10-18(27)23(33)30-21(14(3)4)25(35)29-20(24(34)31-22(15(5)32)26(36)37)11-16-12-28-19-9-7-6-8-17(16)19/h6-9,12-15,18,20-22,28,32H,10-11,27H2,1-5H3,(H,29,35)(H,30,33)(H,31,34)(H,36,37). The summed E-state index contributed by atoms with van der Waals surface area (Å²) < 4.78 is 0. The van der Waals surface area contributed by atoms with Crippen molar-refractivity contribution >= 4 is 34.6 Å². The molecular weight excluding hydrogens is 478 g/mol. The van der Waals surface area contributed by atoms with Gasteiger partial charge in [-0.2, -0.15) is 0 Å². The maximum atomic E-state index is 13.3. The Balaban J connectivity index is 2.30. The molecule has 3 amide bonds. The van der Waals surface area contributed by atoms with Crippen LogP contribution in [-0.2, 0) is 25.6 Å². The van der Waals surface area contributed by atoms with Crippen molar-refractivity contribution in [2.45, 2.75) is 77.7 Å².